The highest BCUT2D eigenvalue weighted by Gasteiger charge is 2.41. The Labute approximate surface area is 146 Å². The minimum atomic E-state index is -0.278. The predicted molar refractivity (Wildman–Crippen MR) is 86.5 cm³/mol. The summed E-state index contributed by atoms with van der Waals surface area (Å²) in [4.78, 5) is 33.2. The van der Waals surface area contributed by atoms with Crippen molar-refractivity contribution < 1.29 is 18.8 Å². The zero-order valence-corrected chi connectivity index (χ0v) is 14.5. The lowest BCUT2D eigenvalue weighted by atomic mass is 10.1. The van der Waals surface area contributed by atoms with Crippen LogP contribution in [-0.4, -0.2) is 65.1 Å². The molecule has 0 unspecified atom stereocenters. The van der Waals surface area contributed by atoms with Crippen molar-refractivity contribution >= 4 is 11.8 Å². The highest BCUT2D eigenvalue weighted by molar-refractivity contribution is 5.89. The average Bonchev–Trinajstić information content (AvgIpc) is 3.02. The number of amides is 2. The number of methoxy groups -OCH3 is 1. The van der Waals surface area contributed by atoms with E-state index in [1.54, 1.807) is 12.0 Å². The number of rotatable bonds is 6. The van der Waals surface area contributed by atoms with Crippen molar-refractivity contribution in [3.63, 3.8) is 0 Å². The third kappa shape index (κ3) is 3.27. The predicted octanol–water partition coefficient (Wildman–Crippen LogP) is 1.11. The molecule has 0 bridgehead atoms. The number of carbonyl (C=O) groups is 2. The molecule has 2 saturated heterocycles. The monoisotopic (exact) mass is 348 g/mol. The molecule has 0 N–H and O–H groups in total. The Morgan fingerprint density at radius 2 is 2.20 bits per heavy atom. The molecular formula is C17H24N4O4. The van der Waals surface area contributed by atoms with Crippen LogP contribution >= 0.6 is 0 Å². The Morgan fingerprint density at radius 1 is 1.36 bits per heavy atom. The SMILES string of the molecule is COCCN1C[C@H](C(=O)N2CCC[C@@H]2c2noc(C3CC3)n2)CC1=O. The van der Waals surface area contributed by atoms with Gasteiger partial charge >= 0.3 is 0 Å². The normalized spacial score (nSPS) is 26.7. The Kier molecular flexibility index (Phi) is 4.45. The summed E-state index contributed by atoms with van der Waals surface area (Å²) in [7, 11) is 1.61. The summed E-state index contributed by atoms with van der Waals surface area (Å²) in [5.41, 5.74) is 0. The Morgan fingerprint density at radius 3 is 2.96 bits per heavy atom. The average molecular weight is 348 g/mol. The number of ether oxygens (including phenoxy) is 1. The van der Waals surface area contributed by atoms with E-state index < -0.39 is 0 Å². The summed E-state index contributed by atoms with van der Waals surface area (Å²) in [5, 5.41) is 4.12. The largest absolute Gasteiger partial charge is 0.383 e. The van der Waals surface area contributed by atoms with Gasteiger partial charge in [-0.15, -0.1) is 0 Å². The van der Waals surface area contributed by atoms with Crippen LogP contribution in [0.15, 0.2) is 4.52 Å². The molecule has 2 amide bonds. The lowest BCUT2D eigenvalue weighted by Gasteiger charge is -2.25. The van der Waals surface area contributed by atoms with Crippen LogP contribution in [-0.2, 0) is 14.3 Å². The molecular weight excluding hydrogens is 324 g/mol. The number of hydrogen-bond acceptors (Lipinski definition) is 6. The van der Waals surface area contributed by atoms with E-state index in [9.17, 15) is 9.59 Å². The summed E-state index contributed by atoms with van der Waals surface area (Å²) in [6.07, 6.45) is 4.28. The first-order valence-corrected chi connectivity index (χ1v) is 9.08. The van der Waals surface area contributed by atoms with Gasteiger partial charge in [-0.3, -0.25) is 9.59 Å². The van der Waals surface area contributed by atoms with E-state index in [0.29, 0.717) is 43.9 Å². The van der Waals surface area contributed by atoms with Crippen molar-refractivity contribution in [2.45, 2.75) is 44.1 Å². The summed E-state index contributed by atoms with van der Waals surface area (Å²) in [6, 6.07) is -0.119. The maximum absolute atomic E-state index is 13.0. The van der Waals surface area contributed by atoms with Crippen molar-refractivity contribution in [2.24, 2.45) is 5.92 Å². The smallest absolute Gasteiger partial charge is 0.229 e. The zero-order valence-electron chi connectivity index (χ0n) is 14.5. The van der Waals surface area contributed by atoms with Crippen LogP contribution in [0.4, 0.5) is 0 Å². The van der Waals surface area contributed by atoms with Gasteiger partial charge < -0.3 is 19.1 Å². The fraction of sp³-hybridized carbons (Fsp3) is 0.765. The highest BCUT2D eigenvalue weighted by Crippen LogP contribution is 2.40. The van der Waals surface area contributed by atoms with Gasteiger partial charge in [-0.1, -0.05) is 5.16 Å². The molecule has 0 radical (unpaired) electrons. The second kappa shape index (κ2) is 6.74. The molecule has 1 aromatic heterocycles. The standard InChI is InChI=1S/C17H24N4O4/c1-24-8-7-20-10-12(9-14(20)22)17(23)21-6-2-3-13(21)15-18-16(25-19-15)11-4-5-11/h11-13H,2-10H2,1H3/t12-,13-/m1/s1. The summed E-state index contributed by atoms with van der Waals surface area (Å²) >= 11 is 0. The minimum absolute atomic E-state index is 0.0294. The van der Waals surface area contributed by atoms with E-state index in [1.807, 2.05) is 4.90 Å². The van der Waals surface area contributed by atoms with E-state index in [-0.39, 0.29) is 30.2 Å². The highest BCUT2D eigenvalue weighted by atomic mass is 16.5. The molecule has 1 saturated carbocycles. The lowest BCUT2D eigenvalue weighted by molar-refractivity contribution is -0.136. The van der Waals surface area contributed by atoms with Crippen molar-refractivity contribution in [1.82, 2.24) is 19.9 Å². The number of aromatic nitrogens is 2. The van der Waals surface area contributed by atoms with Gasteiger partial charge in [0.2, 0.25) is 17.7 Å². The number of hydrogen-bond donors (Lipinski definition) is 0. The van der Waals surface area contributed by atoms with Crippen LogP contribution in [0.1, 0.15) is 55.8 Å². The molecule has 136 valence electrons. The molecule has 25 heavy (non-hydrogen) atoms. The maximum atomic E-state index is 13.0. The van der Waals surface area contributed by atoms with Crippen LogP contribution in [0.3, 0.4) is 0 Å². The fourth-order valence-electron chi connectivity index (χ4n) is 3.77. The Hall–Kier alpha value is -1.96. The molecule has 8 heteroatoms. The van der Waals surface area contributed by atoms with Crippen molar-refractivity contribution in [3.05, 3.63) is 11.7 Å². The van der Waals surface area contributed by atoms with Gasteiger partial charge in [0, 0.05) is 39.1 Å². The Balaban J connectivity index is 1.42. The summed E-state index contributed by atoms with van der Waals surface area (Å²) in [5.74, 6) is 1.52. The molecule has 0 aromatic carbocycles. The number of carbonyl (C=O) groups excluding carboxylic acids is 2. The molecule has 3 heterocycles. The van der Waals surface area contributed by atoms with E-state index in [1.165, 1.54) is 0 Å². The molecule has 3 aliphatic rings. The molecule has 8 nitrogen and oxygen atoms in total. The van der Waals surface area contributed by atoms with Gasteiger partial charge in [0.05, 0.1) is 18.6 Å². The third-order valence-corrected chi connectivity index (χ3v) is 5.35. The van der Waals surface area contributed by atoms with Gasteiger partial charge in [-0.25, -0.2) is 0 Å². The minimum Gasteiger partial charge on any atom is -0.383 e. The number of nitrogens with zero attached hydrogens (tertiary/aromatic N) is 4. The van der Waals surface area contributed by atoms with Crippen LogP contribution in [0.5, 0.6) is 0 Å². The third-order valence-electron chi connectivity index (χ3n) is 5.35. The Bertz CT molecular complexity index is 657. The first kappa shape index (κ1) is 16.5. The van der Waals surface area contributed by atoms with Crippen LogP contribution in [0, 0.1) is 5.92 Å². The van der Waals surface area contributed by atoms with Crippen molar-refractivity contribution in [2.75, 3.05) is 33.4 Å². The second-order valence-corrected chi connectivity index (χ2v) is 7.19. The van der Waals surface area contributed by atoms with Crippen molar-refractivity contribution in [3.8, 4) is 0 Å². The van der Waals surface area contributed by atoms with Gasteiger partial charge in [0.25, 0.3) is 0 Å². The number of likely N-dealkylation sites (tertiary alicyclic amines) is 2. The van der Waals surface area contributed by atoms with E-state index in [0.717, 1.165) is 25.7 Å². The first-order valence-electron chi connectivity index (χ1n) is 9.08. The van der Waals surface area contributed by atoms with E-state index >= 15 is 0 Å². The summed E-state index contributed by atoms with van der Waals surface area (Å²) < 4.78 is 10.4. The molecule has 1 aromatic rings. The topological polar surface area (TPSA) is 88.8 Å². The zero-order chi connectivity index (χ0) is 17.4. The molecule has 1 aliphatic carbocycles. The fourth-order valence-corrected chi connectivity index (χ4v) is 3.77. The van der Waals surface area contributed by atoms with Crippen LogP contribution < -0.4 is 0 Å². The summed E-state index contributed by atoms with van der Waals surface area (Å²) in [6.45, 7) is 2.20. The van der Waals surface area contributed by atoms with E-state index in [4.69, 9.17) is 9.26 Å². The molecule has 2 aliphatic heterocycles. The van der Waals surface area contributed by atoms with Gasteiger partial charge in [0.15, 0.2) is 5.82 Å². The van der Waals surface area contributed by atoms with Crippen molar-refractivity contribution in [1.29, 1.82) is 0 Å². The first-order chi connectivity index (χ1) is 12.2. The molecule has 3 fully saturated rings. The van der Waals surface area contributed by atoms with Gasteiger partial charge in [0.1, 0.15) is 0 Å². The van der Waals surface area contributed by atoms with Crippen LogP contribution in [0.25, 0.3) is 0 Å². The van der Waals surface area contributed by atoms with E-state index in [2.05, 4.69) is 10.1 Å². The molecule has 4 rings (SSSR count). The molecule has 0 spiro atoms. The maximum Gasteiger partial charge on any atom is 0.229 e. The molecule has 2 atom stereocenters. The second-order valence-electron chi connectivity index (χ2n) is 7.19. The van der Waals surface area contributed by atoms with Gasteiger partial charge in [-0.2, -0.15) is 4.98 Å². The van der Waals surface area contributed by atoms with Crippen LogP contribution in [0.2, 0.25) is 0 Å². The lowest BCUT2D eigenvalue weighted by Crippen LogP contribution is -2.37. The quantitative estimate of drug-likeness (QED) is 0.765. The van der Waals surface area contributed by atoms with Gasteiger partial charge in [-0.05, 0) is 25.7 Å².